The second-order valence-corrected chi connectivity index (χ2v) is 6.17. The molecule has 0 spiro atoms. The predicted octanol–water partition coefficient (Wildman–Crippen LogP) is 3.97. The van der Waals surface area contributed by atoms with E-state index in [-0.39, 0.29) is 21.7 Å². The molecule has 2 atom stereocenters. The number of rotatable bonds is 2. The maximum Gasteiger partial charge on any atom is 0.326 e. The number of carbonyl (C=O) groups is 2. The lowest BCUT2D eigenvalue weighted by Gasteiger charge is -2.24. The first-order chi connectivity index (χ1) is 9.81. The number of aliphatic carboxylic acids is 1. The quantitative estimate of drug-likeness (QED) is 0.847. The molecule has 0 bridgehead atoms. The lowest BCUT2D eigenvalue weighted by molar-refractivity contribution is -0.142. The Balaban J connectivity index is 2.21. The summed E-state index contributed by atoms with van der Waals surface area (Å²) in [5, 5.41) is 12.5. The number of amides is 2. The van der Waals surface area contributed by atoms with E-state index in [1.807, 2.05) is 0 Å². The van der Waals surface area contributed by atoms with Crippen LogP contribution in [0, 0.1) is 5.92 Å². The van der Waals surface area contributed by atoms with E-state index in [9.17, 15) is 14.7 Å². The summed E-state index contributed by atoms with van der Waals surface area (Å²) in [5.41, 5.74) is 0.219. The fourth-order valence-electron chi connectivity index (χ4n) is 2.39. The van der Waals surface area contributed by atoms with Gasteiger partial charge in [-0.3, -0.25) is 0 Å². The number of hydrogen-bond donors (Lipinski definition) is 2. The molecule has 0 aromatic heterocycles. The van der Waals surface area contributed by atoms with Gasteiger partial charge in [0.05, 0.1) is 15.7 Å². The number of urea groups is 1. The van der Waals surface area contributed by atoms with E-state index >= 15 is 0 Å². The lowest BCUT2D eigenvalue weighted by Crippen LogP contribution is -2.44. The van der Waals surface area contributed by atoms with Crippen LogP contribution in [0.25, 0.3) is 0 Å². The van der Waals surface area contributed by atoms with Gasteiger partial charge in [0.2, 0.25) is 0 Å². The Bertz CT molecular complexity index is 571. The van der Waals surface area contributed by atoms with Crippen molar-refractivity contribution in [3.63, 3.8) is 0 Å². The van der Waals surface area contributed by atoms with E-state index in [1.54, 1.807) is 6.92 Å². The van der Waals surface area contributed by atoms with E-state index in [1.165, 1.54) is 17.0 Å². The van der Waals surface area contributed by atoms with Crippen LogP contribution in [0.15, 0.2) is 12.1 Å². The predicted molar refractivity (Wildman–Crippen MR) is 82.4 cm³/mol. The number of carboxylic acid groups (broad SMARTS) is 1. The van der Waals surface area contributed by atoms with Crippen molar-refractivity contribution in [2.24, 2.45) is 5.92 Å². The third-order valence-corrected chi connectivity index (χ3v) is 4.27. The van der Waals surface area contributed by atoms with Crippen molar-refractivity contribution in [3.8, 4) is 0 Å². The maximum absolute atomic E-state index is 12.3. The third-order valence-electron chi connectivity index (χ3n) is 3.45. The van der Waals surface area contributed by atoms with Gasteiger partial charge in [-0.25, -0.2) is 9.59 Å². The van der Waals surface area contributed by atoms with Crippen LogP contribution < -0.4 is 5.32 Å². The first-order valence-corrected chi connectivity index (χ1v) is 7.39. The molecule has 1 saturated heterocycles. The molecule has 2 unspecified atom stereocenters. The van der Waals surface area contributed by atoms with Crippen LogP contribution >= 0.6 is 34.8 Å². The molecule has 1 aromatic carbocycles. The molecule has 2 amide bonds. The van der Waals surface area contributed by atoms with Crippen molar-refractivity contribution in [1.82, 2.24) is 4.90 Å². The van der Waals surface area contributed by atoms with Crippen molar-refractivity contribution in [2.45, 2.75) is 19.4 Å². The molecule has 1 aromatic rings. The molecule has 8 heteroatoms. The molecule has 1 heterocycles. The van der Waals surface area contributed by atoms with Crippen LogP contribution in [0.1, 0.15) is 13.3 Å². The van der Waals surface area contributed by atoms with Gasteiger partial charge in [0, 0.05) is 11.6 Å². The molecule has 0 aliphatic carbocycles. The Morgan fingerprint density at radius 1 is 1.29 bits per heavy atom. The number of nitrogens with zero attached hydrogens (tertiary/aromatic N) is 1. The minimum atomic E-state index is -1.02. The number of nitrogens with one attached hydrogen (secondary N) is 1. The number of likely N-dealkylation sites (tertiary alicyclic amines) is 1. The first kappa shape index (κ1) is 16.2. The van der Waals surface area contributed by atoms with E-state index < -0.39 is 18.0 Å². The highest BCUT2D eigenvalue weighted by atomic mass is 35.5. The normalized spacial score (nSPS) is 21.4. The Morgan fingerprint density at radius 2 is 1.86 bits per heavy atom. The summed E-state index contributed by atoms with van der Waals surface area (Å²) >= 11 is 17.8. The number of halogens is 3. The van der Waals surface area contributed by atoms with Gasteiger partial charge in [-0.05, 0) is 24.5 Å². The zero-order valence-corrected chi connectivity index (χ0v) is 13.3. The molecule has 114 valence electrons. The van der Waals surface area contributed by atoms with Crippen molar-refractivity contribution in [2.75, 3.05) is 11.9 Å². The highest BCUT2D eigenvalue weighted by Crippen LogP contribution is 2.34. The number of carbonyl (C=O) groups excluding carboxylic acids is 1. The number of hydrogen-bond acceptors (Lipinski definition) is 2. The molecule has 2 N–H and O–H groups in total. The number of carboxylic acids is 1. The van der Waals surface area contributed by atoms with Crippen LogP contribution in [0.4, 0.5) is 10.5 Å². The summed E-state index contributed by atoms with van der Waals surface area (Å²) < 4.78 is 0. The third kappa shape index (κ3) is 3.36. The Labute approximate surface area is 136 Å². The zero-order valence-electron chi connectivity index (χ0n) is 11.1. The molecule has 1 fully saturated rings. The minimum absolute atomic E-state index is 0.107. The highest BCUT2D eigenvalue weighted by Gasteiger charge is 2.39. The second-order valence-electron chi connectivity index (χ2n) is 4.92. The molecular weight excluding hydrogens is 339 g/mol. The molecule has 5 nitrogen and oxygen atoms in total. The lowest BCUT2D eigenvalue weighted by atomic mass is 10.0. The van der Waals surface area contributed by atoms with Crippen molar-refractivity contribution < 1.29 is 14.7 Å². The molecule has 0 radical (unpaired) electrons. The van der Waals surface area contributed by atoms with Crippen LogP contribution in [0.5, 0.6) is 0 Å². The zero-order chi connectivity index (χ0) is 15.7. The average Bonchev–Trinajstić information content (AvgIpc) is 2.75. The first-order valence-electron chi connectivity index (χ1n) is 6.26. The molecule has 1 aliphatic heterocycles. The smallest absolute Gasteiger partial charge is 0.326 e. The molecule has 2 rings (SSSR count). The molecule has 0 saturated carbocycles. The number of anilines is 1. The summed E-state index contributed by atoms with van der Waals surface area (Å²) in [4.78, 5) is 24.8. The van der Waals surface area contributed by atoms with E-state index in [2.05, 4.69) is 5.32 Å². The van der Waals surface area contributed by atoms with E-state index in [0.29, 0.717) is 18.0 Å². The topological polar surface area (TPSA) is 69.6 Å². The standard InChI is InChI=1S/C13H13Cl3N2O3/c1-6-2-3-18(11(6)12(19)20)13(21)17-10-8(15)4-7(14)5-9(10)16/h4-6,11H,2-3H2,1H3,(H,17,21)(H,19,20). The Morgan fingerprint density at radius 3 is 2.38 bits per heavy atom. The van der Waals surface area contributed by atoms with Gasteiger partial charge in [0.1, 0.15) is 6.04 Å². The van der Waals surface area contributed by atoms with Crippen LogP contribution in [0.2, 0.25) is 15.1 Å². The second kappa shape index (κ2) is 6.30. The van der Waals surface area contributed by atoms with Gasteiger partial charge in [-0.2, -0.15) is 0 Å². The van der Waals surface area contributed by atoms with Gasteiger partial charge in [0.15, 0.2) is 0 Å². The van der Waals surface area contributed by atoms with Crippen molar-refractivity contribution in [1.29, 1.82) is 0 Å². The monoisotopic (exact) mass is 350 g/mol. The average molecular weight is 352 g/mol. The highest BCUT2D eigenvalue weighted by molar-refractivity contribution is 6.42. The molecule has 21 heavy (non-hydrogen) atoms. The molecular formula is C13H13Cl3N2O3. The minimum Gasteiger partial charge on any atom is -0.480 e. The summed E-state index contributed by atoms with van der Waals surface area (Å²) in [6.45, 7) is 2.17. The van der Waals surface area contributed by atoms with Crippen molar-refractivity contribution >= 4 is 52.5 Å². The van der Waals surface area contributed by atoms with Gasteiger partial charge in [0.25, 0.3) is 0 Å². The van der Waals surface area contributed by atoms with Gasteiger partial charge < -0.3 is 15.3 Å². The van der Waals surface area contributed by atoms with Crippen LogP contribution in [-0.2, 0) is 4.79 Å². The maximum atomic E-state index is 12.3. The largest absolute Gasteiger partial charge is 0.480 e. The fraction of sp³-hybridized carbons (Fsp3) is 0.385. The van der Waals surface area contributed by atoms with Gasteiger partial charge >= 0.3 is 12.0 Å². The van der Waals surface area contributed by atoms with E-state index in [4.69, 9.17) is 34.8 Å². The Hall–Kier alpha value is -1.17. The number of benzene rings is 1. The summed E-state index contributed by atoms with van der Waals surface area (Å²) in [5.74, 6) is -1.13. The van der Waals surface area contributed by atoms with Gasteiger partial charge in [-0.1, -0.05) is 41.7 Å². The van der Waals surface area contributed by atoms with Crippen molar-refractivity contribution in [3.05, 3.63) is 27.2 Å². The van der Waals surface area contributed by atoms with Crippen LogP contribution in [0.3, 0.4) is 0 Å². The van der Waals surface area contributed by atoms with E-state index in [0.717, 1.165) is 0 Å². The van der Waals surface area contributed by atoms with Crippen LogP contribution in [-0.4, -0.2) is 34.6 Å². The van der Waals surface area contributed by atoms with Gasteiger partial charge in [-0.15, -0.1) is 0 Å². The summed E-state index contributed by atoms with van der Waals surface area (Å²) in [7, 11) is 0. The SMILES string of the molecule is CC1CCN(C(=O)Nc2c(Cl)cc(Cl)cc2Cl)C1C(=O)O. The summed E-state index contributed by atoms with van der Waals surface area (Å²) in [6.07, 6.45) is 0.631. The fourth-order valence-corrected chi connectivity index (χ4v) is 3.30. The molecule has 1 aliphatic rings. The summed E-state index contributed by atoms with van der Waals surface area (Å²) in [6, 6.07) is 1.50. The Kier molecular flexibility index (Phi) is 4.86.